The van der Waals surface area contributed by atoms with Crippen LogP contribution in [0.2, 0.25) is 0 Å². The molecule has 1 fully saturated rings. The molecule has 1 aliphatic rings. The van der Waals surface area contributed by atoms with Crippen molar-refractivity contribution < 1.29 is 27.1 Å². The highest BCUT2D eigenvalue weighted by atomic mass is 32.2. The number of rotatable bonds is 4. The second kappa shape index (κ2) is 5.98. The van der Waals surface area contributed by atoms with Gasteiger partial charge in [-0.1, -0.05) is 12.1 Å². The van der Waals surface area contributed by atoms with Crippen LogP contribution >= 0.6 is 0 Å². The number of benzene rings is 1. The van der Waals surface area contributed by atoms with E-state index in [1.54, 1.807) is 6.07 Å². The molecule has 2 atom stereocenters. The van der Waals surface area contributed by atoms with Crippen LogP contribution in [0.25, 0.3) is 0 Å². The number of hydrogen-bond donors (Lipinski definition) is 0. The fraction of sp³-hybridized carbons (Fsp3) is 0.462. The van der Waals surface area contributed by atoms with Crippen molar-refractivity contribution in [2.75, 3.05) is 19.9 Å². The van der Waals surface area contributed by atoms with Crippen LogP contribution in [0, 0.1) is 5.82 Å². The van der Waals surface area contributed by atoms with Crippen molar-refractivity contribution >= 4 is 16.0 Å². The Morgan fingerprint density at radius 2 is 2.05 bits per heavy atom. The first-order chi connectivity index (χ1) is 9.82. The van der Waals surface area contributed by atoms with E-state index in [0.29, 0.717) is 0 Å². The van der Waals surface area contributed by atoms with Crippen molar-refractivity contribution in [2.24, 2.45) is 0 Å². The van der Waals surface area contributed by atoms with Gasteiger partial charge in [0.1, 0.15) is 12.1 Å². The number of methoxy groups -OCH3 is 1. The van der Waals surface area contributed by atoms with Gasteiger partial charge < -0.3 is 9.47 Å². The van der Waals surface area contributed by atoms with Crippen LogP contribution in [0.3, 0.4) is 0 Å². The van der Waals surface area contributed by atoms with Crippen molar-refractivity contribution in [2.45, 2.75) is 18.6 Å². The highest BCUT2D eigenvalue weighted by Gasteiger charge is 2.43. The maximum Gasteiger partial charge on any atom is 0.324 e. The number of carbonyl (C=O) groups is 1. The van der Waals surface area contributed by atoms with Crippen molar-refractivity contribution in [1.29, 1.82) is 0 Å². The molecule has 6 nitrogen and oxygen atoms in total. The fourth-order valence-corrected chi connectivity index (χ4v) is 3.36. The summed E-state index contributed by atoms with van der Waals surface area (Å²) in [5.41, 5.74) is 0. The van der Waals surface area contributed by atoms with Crippen LogP contribution in [0.5, 0.6) is 5.75 Å². The topological polar surface area (TPSA) is 72.9 Å². The number of hydrogen-bond acceptors (Lipinski definition) is 5. The summed E-state index contributed by atoms with van der Waals surface area (Å²) >= 11 is 0. The molecule has 0 saturated carbocycles. The molecule has 0 aliphatic carbocycles. The molecule has 21 heavy (non-hydrogen) atoms. The number of sulfonamides is 1. The van der Waals surface area contributed by atoms with Gasteiger partial charge in [-0.2, -0.15) is 4.31 Å². The Morgan fingerprint density at radius 3 is 2.62 bits per heavy atom. The van der Waals surface area contributed by atoms with Gasteiger partial charge in [0.05, 0.1) is 19.9 Å². The van der Waals surface area contributed by atoms with Crippen molar-refractivity contribution in [3.05, 3.63) is 30.1 Å². The third-order valence-electron chi connectivity index (χ3n) is 3.25. The zero-order chi connectivity index (χ0) is 15.6. The average Bonchev–Trinajstić information content (AvgIpc) is 2.84. The minimum absolute atomic E-state index is 0.0209. The molecule has 1 saturated heterocycles. The Hall–Kier alpha value is -1.67. The Morgan fingerprint density at radius 1 is 1.38 bits per heavy atom. The van der Waals surface area contributed by atoms with Crippen LogP contribution in [0.4, 0.5) is 4.39 Å². The molecule has 0 radical (unpaired) electrons. The second-order valence-electron chi connectivity index (χ2n) is 4.78. The SMILES string of the molecule is COC(=O)[C@H]1C[C@@H](Oc2ccccc2F)CN1S(C)(=O)=O. The van der Waals surface area contributed by atoms with E-state index in [-0.39, 0.29) is 18.7 Å². The molecule has 0 bridgehead atoms. The zero-order valence-electron chi connectivity index (χ0n) is 11.7. The van der Waals surface area contributed by atoms with Crippen molar-refractivity contribution in [1.82, 2.24) is 4.31 Å². The number of esters is 1. The highest BCUT2D eigenvalue weighted by molar-refractivity contribution is 7.88. The monoisotopic (exact) mass is 317 g/mol. The minimum Gasteiger partial charge on any atom is -0.486 e. The molecule has 116 valence electrons. The molecule has 1 aromatic carbocycles. The van der Waals surface area contributed by atoms with Crippen molar-refractivity contribution in [3.8, 4) is 5.75 Å². The highest BCUT2D eigenvalue weighted by Crippen LogP contribution is 2.27. The molecule has 2 rings (SSSR count). The summed E-state index contributed by atoms with van der Waals surface area (Å²) in [6, 6.07) is 4.89. The molecule has 1 heterocycles. The van der Waals surface area contributed by atoms with E-state index in [4.69, 9.17) is 4.74 Å². The van der Waals surface area contributed by atoms with Gasteiger partial charge in [0, 0.05) is 6.42 Å². The Labute approximate surface area is 122 Å². The Bertz CT molecular complexity index is 633. The van der Waals surface area contributed by atoms with E-state index in [0.717, 1.165) is 10.6 Å². The molecule has 0 unspecified atom stereocenters. The maximum absolute atomic E-state index is 13.5. The normalized spacial score (nSPS) is 23.0. The summed E-state index contributed by atoms with van der Waals surface area (Å²) in [5.74, 6) is -1.16. The molecule has 0 N–H and O–H groups in total. The van der Waals surface area contributed by atoms with E-state index in [9.17, 15) is 17.6 Å². The Balaban J connectivity index is 2.18. The van der Waals surface area contributed by atoms with E-state index in [2.05, 4.69) is 4.74 Å². The third-order valence-corrected chi connectivity index (χ3v) is 4.50. The quantitative estimate of drug-likeness (QED) is 0.767. The van der Waals surface area contributed by atoms with Crippen LogP contribution < -0.4 is 4.74 Å². The lowest BCUT2D eigenvalue weighted by Crippen LogP contribution is -2.40. The summed E-state index contributed by atoms with van der Waals surface area (Å²) in [6.07, 6.45) is 0.517. The second-order valence-corrected chi connectivity index (χ2v) is 6.71. The average molecular weight is 317 g/mol. The Kier molecular flexibility index (Phi) is 4.48. The lowest BCUT2D eigenvalue weighted by molar-refractivity contribution is -0.144. The predicted molar refractivity (Wildman–Crippen MR) is 72.8 cm³/mol. The van der Waals surface area contributed by atoms with Crippen LogP contribution in [0.15, 0.2) is 24.3 Å². The third kappa shape index (κ3) is 3.51. The predicted octanol–water partition coefficient (Wildman–Crippen LogP) is 0.780. The summed E-state index contributed by atoms with van der Waals surface area (Å²) < 4.78 is 48.1. The summed E-state index contributed by atoms with van der Waals surface area (Å²) in [4.78, 5) is 11.7. The summed E-state index contributed by atoms with van der Waals surface area (Å²) in [7, 11) is -2.40. The fourth-order valence-electron chi connectivity index (χ4n) is 2.29. The van der Waals surface area contributed by atoms with E-state index in [1.165, 1.54) is 25.3 Å². The van der Waals surface area contributed by atoms with Crippen molar-refractivity contribution in [3.63, 3.8) is 0 Å². The lowest BCUT2D eigenvalue weighted by atomic mass is 10.2. The van der Waals surface area contributed by atoms with Gasteiger partial charge in [0.2, 0.25) is 10.0 Å². The van der Waals surface area contributed by atoms with Gasteiger partial charge in [-0.25, -0.2) is 12.8 Å². The number of para-hydroxylation sites is 1. The van der Waals surface area contributed by atoms with Gasteiger partial charge in [-0.05, 0) is 12.1 Å². The number of carbonyl (C=O) groups excluding carboxylic acids is 1. The first-order valence-electron chi connectivity index (χ1n) is 6.28. The van der Waals surface area contributed by atoms with Gasteiger partial charge in [0.25, 0.3) is 0 Å². The summed E-state index contributed by atoms with van der Waals surface area (Å²) in [5, 5.41) is 0. The molecule has 0 aromatic heterocycles. The van der Waals surface area contributed by atoms with Gasteiger partial charge in [-0.15, -0.1) is 0 Å². The molecular weight excluding hydrogens is 301 g/mol. The molecule has 1 aliphatic heterocycles. The molecule has 1 aromatic rings. The molecule has 0 amide bonds. The molecule has 0 spiro atoms. The van der Waals surface area contributed by atoms with E-state index < -0.39 is 34.0 Å². The number of halogens is 1. The van der Waals surface area contributed by atoms with E-state index >= 15 is 0 Å². The largest absolute Gasteiger partial charge is 0.486 e. The molecule has 8 heteroatoms. The number of nitrogens with zero attached hydrogens (tertiary/aromatic N) is 1. The van der Waals surface area contributed by atoms with Crippen LogP contribution in [0.1, 0.15) is 6.42 Å². The van der Waals surface area contributed by atoms with Gasteiger partial charge >= 0.3 is 5.97 Å². The first-order valence-corrected chi connectivity index (χ1v) is 8.13. The molecular formula is C13H16FNO5S. The first kappa shape index (κ1) is 15.7. The lowest BCUT2D eigenvalue weighted by Gasteiger charge is -2.19. The van der Waals surface area contributed by atoms with Crippen LogP contribution in [-0.2, 0) is 19.6 Å². The number of ether oxygens (including phenoxy) is 2. The zero-order valence-corrected chi connectivity index (χ0v) is 12.5. The smallest absolute Gasteiger partial charge is 0.324 e. The summed E-state index contributed by atoms with van der Waals surface area (Å²) in [6.45, 7) is -0.0209. The standard InChI is InChI=1S/C13H16FNO5S/c1-19-13(16)11-7-9(8-15(11)21(2,17)18)20-12-6-4-3-5-10(12)14/h3-6,9,11H,7-8H2,1-2H3/t9-,11-/m1/s1. The minimum atomic E-state index is -3.58. The maximum atomic E-state index is 13.5. The van der Waals surface area contributed by atoms with Gasteiger partial charge in [0.15, 0.2) is 11.6 Å². The van der Waals surface area contributed by atoms with Gasteiger partial charge in [-0.3, -0.25) is 4.79 Å². The van der Waals surface area contributed by atoms with Crippen LogP contribution in [-0.4, -0.2) is 50.7 Å². The van der Waals surface area contributed by atoms with E-state index in [1.807, 2.05) is 0 Å².